The summed E-state index contributed by atoms with van der Waals surface area (Å²) in [7, 11) is 0. The number of hydrogen-bond acceptors (Lipinski definition) is 2. The highest BCUT2D eigenvalue weighted by Crippen LogP contribution is 2.23. The summed E-state index contributed by atoms with van der Waals surface area (Å²) in [6.07, 6.45) is 4.64. The number of carbonyl (C=O) groups is 1. The lowest BCUT2D eigenvalue weighted by Gasteiger charge is -2.32. The molecule has 7 heteroatoms. The van der Waals surface area contributed by atoms with Gasteiger partial charge >= 0.3 is 6.03 Å². The lowest BCUT2D eigenvalue weighted by atomic mass is 9.90. The van der Waals surface area contributed by atoms with Crippen molar-refractivity contribution in [2.45, 2.75) is 32.2 Å². The zero-order valence-electron chi connectivity index (χ0n) is 15.0. The second-order valence-electron chi connectivity index (χ2n) is 6.89. The molecule has 0 radical (unpaired) electrons. The quantitative estimate of drug-likeness (QED) is 0.843. The molecule has 0 saturated carbocycles. The van der Waals surface area contributed by atoms with Gasteiger partial charge in [0.05, 0.1) is 0 Å². The van der Waals surface area contributed by atoms with E-state index in [0.29, 0.717) is 36.6 Å². The SMILES string of the molecule is O=C(NCc1ccc[nH]c1=O)N1CCC(CCc2ccc(F)cc2F)CC1. The number of halogens is 2. The van der Waals surface area contributed by atoms with Crippen molar-refractivity contribution in [1.82, 2.24) is 15.2 Å². The molecule has 2 heterocycles. The molecule has 0 bridgehead atoms. The van der Waals surface area contributed by atoms with E-state index in [1.807, 2.05) is 0 Å². The van der Waals surface area contributed by atoms with Gasteiger partial charge in [-0.15, -0.1) is 0 Å². The topological polar surface area (TPSA) is 65.2 Å². The van der Waals surface area contributed by atoms with E-state index in [1.165, 1.54) is 12.1 Å². The molecule has 5 nitrogen and oxygen atoms in total. The molecule has 0 aliphatic carbocycles. The van der Waals surface area contributed by atoms with E-state index >= 15 is 0 Å². The Kier molecular flexibility index (Phi) is 6.21. The molecule has 1 aliphatic rings. The van der Waals surface area contributed by atoms with Crippen LogP contribution in [0, 0.1) is 17.6 Å². The molecule has 2 amide bonds. The number of aryl methyl sites for hydroxylation is 1. The number of likely N-dealkylation sites (tertiary alicyclic amines) is 1. The van der Waals surface area contributed by atoms with Gasteiger partial charge in [-0.2, -0.15) is 0 Å². The van der Waals surface area contributed by atoms with Crippen LogP contribution in [0.1, 0.15) is 30.4 Å². The van der Waals surface area contributed by atoms with Crippen LogP contribution in [0.15, 0.2) is 41.3 Å². The molecule has 1 saturated heterocycles. The number of nitrogens with zero attached hydrogens (tertiary/aromatic N) is 1. The maximum atomic E-state index is 13.7. The first kappa shape index (κ1) is 19.1. The van der Waals surface area contributed by atoms with Gasteiger partial charge < -0.3 is 15.2 Å². The number of piperidine rings is 1. The molecule has 1 aromatic heterocycles. The van der Waals surface area contributed by atoms with Crippen LogP contribution in [0.2, 0.25) is 0 Å². The van der Waals surface area contributed by atoms with Crippen molar-refractivity contribution in [3.05, 3.63) is 69.6 Å². The largest absolute Gasteiger partial charge is 0.334 e. The number of hydrogen-bond donors (Lipinski definition) is 2. The van der Waals surface area contributed by atoms with Crippen LogP contribution in [-0.2, 0) is 13.0 Å². The third-order valence-corrected chi connectivity index (χ3v) is 5.07. The molecule has 0 atom stereocenters. The van der Waals surface area contributed by atoms with Crippen molar-refractivity contribution >= 4 is 6.03 Å². The molecule has 2 N–H and O–H groups in total. The van der Waals surface area contributed by atoms with Gasteiger partial charge in [0.1, 0.15) is 11.6 Å². The molecule has 0 unspecified atom stereocenters. The van der Waals surface area contributed by atoms with Crippen LogP contribution in [0.3, 0.4) is 0 Å². The smallest absolute Gasteiger partial charge is 0.317 e. The average Bonchev–Trinajstić information content (AvgIpc) is 2.67. The Morgan fingerprint density at radius 1 is 1.19 bits per heavy atom. The fourth-order valence-corrected chi connectivity index (χ4v) is 3.39. The standard InChI is InChI=1S/C20H23F2N3O2/c21-17-6-5-15(18(22)12-17)4-3-14-7-10-25(11-8-14)20(27)24-13-16-2-1-9-23-19(16)26/h1-2,5-6,9,12,14H,3-4,7-8,10-11,13H2,(H,23,26)(H,24,27). The molecule has 3 rings (SSSR count). The van der Waals surface area contributed by atoms with Gasteiger partial charge in [0.15, 0.2) is 0 Å². The third-order valence-electron chi connectivity index (χ3n) is 5.07. The van der Waals surface area contributed by atoms with Crippen LogP contribution in [0.4, 0.5) is 13.6 Å². The second-order valence-corrected chi connectivity index (χ2v) is 6.89. The van der Waals surface area contributed by atoms with Crippen LogP contribution < -0.4 is 10.9 Å². The van der Waals surface area contributed by atoms with E-state index in [9.17, 15) is 18.4 Å². The van der Waals surface area contributed by atoms with Crippen molar-refractivity contribution in [3.8, 4) is 0 Å². The summed E-state index contributed by atoms with van der Waals surface area (Å²) in [6.45, 7) is 1.46. The van der Waals surface area contributed by atoms with Crippen molar-refractivity contribution in [2.75, 3.05) is 13.1 Å². The van der Waals surface area contributed by atoms with Gasteiger partial charge in [-0.3, -0.25) is 4.79 Å². The Hall–Kier alpha value is -2.70. The normalized spacial score (nSPS) is 15.0. The zero-order chi connectivity index (χ0) is 19.2. The first-order valence-corrected chi connectivity index (χ1v) is 9.16. The van der Waals surface area contributed by atoms with Gasteiger partial charge in [-0.05, 0) is 49.3 Å². The lowest BCUT2D eigenvalue weighted by Crippen LogP contribution is -2.44. The van der Waals surface area contributed by atoms with E-state index in [-0.39, 0.29) is 18.1 Å². The minimum atomic E-state index is -0.562. The summed E-state index contributed by atoms with van der Waals surface area (Å²) in [5.41, 5.74) is 0.844. The molecule has 2 aromatic rings. The fourth-order valence-electron chi connectivity index (χ4n) is 3.39. The Morgan fingerprint density at radius 3 is 2.67 bits per heavy atom. The van der Waals surface area contributed by atoms with Crippen LogP contribution in [0.5, 0.6) is 0 Å². The summed E-state index contributed by atoms with van der Waals surface area (Å²) in [5.74, 6) is -0.647. The number of H-pyrrole nitrogens is 1. The maximum absolute atomic E-state index is 13.7. The van der Waals surface area contributed by atoms with Gasteiger partial charge in [0.25, 0.3) is 5.56 Å². The molecular formula is C20H23F2N3O2. The number of aromatic nitrogens is 1. The number of urea groups is 1. The van der Waals surface area contributed by atoms with Crippen LogP contribution in [-0.4, -0.2) is 29.0 Å². The number of pyridine rings is 1. The minimum absolute atomic E-state index is 0.179. The molecule has 1 aromatic carbocycles. The number of benzene rings is 1. The number of rotatable bonds is 5. The van der Waals surface area contributed by atoms with Gasteiger partial charge in [-0.1, -0.05) is 12.1 Å². The highest BCUT2D eigenvalue weighted by molar-refractivity contribution is 5.74. The third kappa shape index (κ3) is 5.15. The summed E-state index contributed by atoms with van der Waals surface area (Å²) >= 11 is 0. The monoisotopic (exact) mass is 375 g/mol. The van der Waals surface area contributed by atoms with E-state index in [4.69, 9.17) is 0 Å². The molecular weight excluding hydrogens is 352 g/mol. The van der Waals surface area contributed by atoms with Crippen molar-refractivity contribution in [2.24, 2.45) is 5.92 Å². The van der Waals surface area contributed by atoms with E-state index in [1.54, 1.807) is 23.2 Å². The minimum Gasteiger partial charge on any atom is -0.334 e. The molecule has 1 aliphatic heterocycles. The average molecular weight is 375 g/mol. The molecule has 144 valence electrons. The highest BCUT2D eigenvalue weighted by Gasteiger charge is 2.23. The lowest BCUT2D eigenvalue weighted by molar-refractivity contribution is 0.167. The Labute approximate surface area is 156 Å². The summed E-state index contributed by atoms with van der Waals surface area (Å²) in [6, 6.07) is 6.92. The summed E-state index contributed by atoms with van der Waals surface area (Å²) in [5, 5.41) is 2.78. The van der Waals surface area contributed by atoms with Crippen LogP contribution >= 0.6 is 0 Å². The number of amides is 2. The molecule has 1 fully saturated rings. The van der Waals surface area contributed by atoms with Gasteiger partial charge in [0, 0.05) is 37.5 Å². The maximum Gasteiger partial charge on any atom is 0.317 e. The van der Waals surface area contributed by atoms with Crippen LogP contribution in [0.25, 0.3) is 0 Å². The molecule has 27 heavy (non-hydrogen) atoms. The highest BCUT2D eigenvalue weighted by atomic mass is 19.1. The molecule has 0 spiro atoms. The number of nitrogens with one attached hydrogen (secondary N) is 2. The zero-order valence-corrected chi connectivity index (χ0v) is 15.0. The Morgan fingerprint density at radius 2 is 1.96 bits per heavy atom. The van der Waals surface area contributed by atoms with Gasteiger partial charge in [0.2, 0.25) is 0 Å². The number of carbonyl (C=O) groups excluding carboxylic acids is 1. The van der Waals surface area contributed by atoms with Crippen molar-refractivity contribution < 1.29 is 13.6 Å². The van der Waals surface area contributed by atoms with Crippen molar-refractivity contribution in [3.63, 3.8) is 0 Å². The van der Waals surface area contributed by atoms with E-state index in [0.717, 1.165) is 25.3 Å². The predicted molar refractivity (Wildman–Crippen MR) is 98.3 cm³/mol. The Balaban J connectivity index is 1.42. The first-order chi connectivity index (χ1) is 13.0. The summed E-state index contributed by atoms with van der Waals surface area (Å²) < 4.78 is 26.7. The fraction of sp³-hybridized carbons (Fsp3) is 0.400. The predicted octanol–water partition coefficient (Wildman–Crippen LogP) is 3.21. The Bertz CT molecular complexity index is 845. The number of aromatic amines is 1. The van der Waals surface area contributed by atoms with E-state index in [2.05, 4.69) is 10.3 Å². The summed E-state index contributed by atoms with van der Waals surface area (Å²) in [4.78, 5) is 28.2. The van der Waals surface area contributed by atoms with Crippen molar-refractivity contribution in [1.29, 1.82) is 0 Å². The van der Waals surface area contributed by atoms with E-state index < -0.39 is 11.6 Å². The van der Waals surface area contributed by atoms with Gasteiger partial charge in [-0.25, -0.2) is 13.6 Å². The second kappa shape index (κ2) is 8.79. The first-order valence-electron chi connectivity index (χ1n) is 9.16.